The van der Waals surface area contributed by atoms with Crippen LogP contribution in [-0.2, 0) is 12.8 Å². The van der Waals surface area contributed by atoms with Gasteiger partial charge in [-0.3, -0.25) is 0 Å². The van der Waals surface area contributed by atoms with Crippen LogP contribution < -0.4 is 4.74 Å². The summed E-state index contributed by atoms with van der Waals surface area (Å²) in [6, 6.07) is 18.6. The Kier molecular flexibility index (Phi) is 8.24. The van der Waals surface area contributed by atoms with E-state index in [1.165, 1.54) is 24.8 Å². The Bertz CT molecular complexity index is 931. The van der Waals surface area contributed by atoms with Crippen molar-refractivity contribution in [3.8, 4) is 16.9 Å². The summed E-state index contributed by atoms with van der Waals surface area (Å²) in [4.78, 5) is 0. The van der Waals surface area contributed by atoms with E-state index in [2.05, 4.69) is 44.2 Å². The van der Waals surface area contributed by atoms with Gasteiger partial charge in [0.05, 0.1) is 0 Å². The van der Waals surface area contributed by atoms with Gasteiger partial charge in [0.2, 0.25) is 0 Å². The van der Waals surface area contributed by atoms with E-state index in [9.17, 15) is 8.78 Å². The average molecular weight is 411 g/mol. The molecule has 0 aliphatic rings. The molecule has 0 radical (unpaired) electrons. The van der Waals surface area contributed by atoms with Gasteiger partial charge in [0.25, 0.3) is 0 Å². The Labute approximate surface area is 179 Å². The monoisotopic (exact) mass is 410 g/mol. The standard InChI is InChI=1S/C27H32F2O/c1-3-5-7-9-20-11-13-21(14-12-20)23-17-18-25-24(19-23)16-15-22(10-8-6-4-2)26(25)30-27(28)29/h11-19,27H,3-10H2,1-2H3. The van der Waals surface area contributed by atoms with Crippen molar-refractivity contribution in [2.75, 3.05) is 0 Å². The Morgan fingerprint density at radius 3 is 2.07 bits per heavy atom. The molecular weight excluding hydrogens is 378 g/mol. The van der Waals surface area contributed by atoms with Crippen LogP contribution in [0.1, 0.15) is 63.5 Å². The highest BCUT2D eigenvalue weighted by molar-refractivity contribution is 5.93. The minimum Gasteiger partial charge on any atom is -0.434 e. The van der Waals surface area contributed by atoms with Crippen molar-refractivity contribution >= 4 is 10.8 Å². The van der Waals surface area contributed by atoms with Crippen LogP contribution in [0.15, 0.2) is 54.6 Å². The first-order valence-electron chi connectivity index (χ1n) is 11.2. The van der Waals surface area contributed by atoms with Crippen LogP contribution in [-0.4, -0.2) is 6.61 Å². The topological polar surface area (TPSA) is 9.23 Å². The number of ether oxygens (including phenoxy) is 1. The number of rotatable bonds is 11. The fraction of sp³-hybridized carbons (Fsp3) is 0.407. The molecule has 3 aromatic rings. The van der Waals surface area contributed by atoms with Gasteiger partial charge in [-0.15, -0.1) is 0 Å². The van der Waals surface area contributed by atoms with Crippen molar-refractivity contribution in [3.05, 3.63) is 65.7 Å². The molecule has 0 aliphatic carbocycles. The average Bonchev–Trinajstić information content (AvgIpc) is 2.75. The molecule has 0 amide bonds. The Morgan fingerprint density at radius 2 is 1.40 bits per heavy atom. The van der Waals surface area contributed by atoms with Gasteiger partial charge in [-0.05, 0) is 59.4 Å². The molecule has 0 fully saturated rings. The van der Waals surface area contributed by atoms with E-state index in [-0.39, 0.29) is 0 Å². The summed E-state index contributed by atoms with van der Waals surface area (Å²) >= 11 is 0. The molecule has 0 N–H and O–H groups in total. The lowest BCUT2D eigenvalue weighted by molar-refractivity contribution is -0.0493. The summed E-state index contributed by atoms with van der Waals surface area (Å²) < 4.78 is 31.1. The molecule has 0 aliphatic heterocycles. The predicted molar refractivity (Wildman–Crippen MR) is 122 cm³/mol. The van der Waals surface area contributed by atoms with Gasteiger partial charge >= 0.3 is 6.61 Å². The highest BCUT2D eigenvalue weighted by Gasteiger charge is 2.14. The van der Waals surface area contributed by atoms with E-state index in [1.54, 1.807) is 0 Å². The van der Waals surface area contributed by atoms with Crippen LogP contribution in [0.4, 0.5) is 8.78 Å². The van der Waals surface area contributed by atoms with Crippen molar-refractivity contribution in [2.45, 2.75) is 71.8 Å². The minimum absolute atomic E-state index is 0.330. The van der Waals surface area contributed by atoms with Crippen LogP contribution in [0.3, 0.4) is 0 Å². The number of alkyl halides is 2. The zero-order valence-electron chi connectivity index (χ0n) is 18.1. The Morgan fingerprint density at radius 1 is 0.733 bits per heavy atom. The number of halogens is 2. The van der Waals surface area contributed by atoms with E-state index < -0.39 is 6.61 Å². The van der Waals surface area contributed by atoms with Gasteiger partial charge < -0.3 is 4.74 Å². The molecule has 0 unspecified atom stereocenters. The minimum atomic E-state index is -2.82. The number of fused-ring (bicyclic) bond motifs is 1. The van der Waals surface area contributed by atoms with Crippen molar-refractivity contribution in [1.29, 1.82) is 0 Å². The molecule has 160 valence electrons. The first kappa shape index (κ1) is 22.3. The molecule has 0 aromatic heterocycles. The Balaban J connectivity index is 1.87. The van der Waals surface area contributed by atoms with Gasteiger partial charge in [-0.2, -0.15) is 8.78 Å². The first-order chi connectivity index (χ1) is 14.6. The first-order valence-corrected chi connectivity index (χ1v) is 11.2. The van der Waals surface area contributed by atoms with Crippen LogP contribution in [0.25, 0.3) is 21.9 Å². The molecular formula is C27H32F2O. The van der Waals surface area contributed by atoms with E-state index >= 15 is 0 Å². The van der Waals surface area contributed by atoms with E-state index in [0.29, 0.717) is 5.75 Å². The van der Waals surface area contributed by atoms with Crippen molar-refractivity contribution in [2.24, 2.45) is 0 Å². The van der Waals surface area contributed by atoms with Crippen LogP contribution >= 0.6 is 0 Å². The molecule has 0 atom stereocenters. The molecule has 0 bridgehead atoms. The van der Waals surface area contributed by atoms with Gasteiger partial charge in [-0.1, -0.05) is 88.1 Å². The number of hydrogen-bond donors (Lipinski definition) is 0. The summed E-state index contributed by atoms with van der Waals surface area (Å²) in [5.41, 5.74) is 4.45. The summed E-state index contributed by atoms with van der Waals surface area (Å²) in [7, 11) is 0. The highest BCUT2D eigenvalue weighted by atomic mass is 19.3. The molecule has 0 heterocycles. The largest absolute Gasteiger partial charge is 0.434 e. The molecule has 0 saturated heterocycles. The third-order valence-corrected chi connectivity index (χ3v) is 5.66. The van der Waals surface area contributed by atoms with E-state index in [4.69, 9.17) is 4.74 Å². The Hall–Kier alpha value is -2.42. The third-order valence-electron chi connectivity index (χ3n) is 5.66. The van der Waals surface area contributed by atoms with Crippen molar-refractivity contribution in [1.82, 2.24) is 0 Å². The lowest BCUT2D eigenvalue weighted by Gasteiger charge is -2.15. The molecule has 0 saturated carbocycles. The second-order valence-corrected chi connectivity index (χ2v) is 7.98. The van der Waals surface area contributed by atoms with Crippen molar-refractivity contribution in [3.63, 3.8) is 0 Å². The maximum Gasteiger partial charge on any atom is 0.387 e. The maximum absolute atomic E-state index is 13.1. The van der Waals surface area contributed by atoms with E-state index in [0.717, 1.165) is 59.6 Å². The van der Waals surface area contributed by atoms with Crippen LogP contribution in [0, 0.1) is 0 Å². The van der Waals surface area contributed by atoms with Crippen LogP contribution in [0.5, 0.6) is 5.75 Å². The summed E-state index contributed by atoms with van der Waals surface area (Å²) in [5.74, 6) is 0.330. The van der Waals surface area contributed by atoms with Gasteiger partial charge in [0.15, 0.2) is 0 Å². The van der Waals surface area contributed by atoms with E-state index in [1.807, 2.05) is 24.3 Å². The lowest BCUT2D eigenvalue weighted by Crippen LogP contribution is -2.05. The zero-order valence-corrected chi connectivity index (χ0v) is 18.1. The molecule has 1 nitrogen and oxygen atoms in total. The lowest BCUT2D eigenvalue weighted by atomic mass is 9.96. The summed E-state index contributed by atoms with van der Waals surface area (Å²) in [5, 5.41) is 1.68. The van der Waals surface area contributed by atoms with Crippen molar-refractivity contribution < 1.29 is 13.5 Å². The van der Waals surface area contributed by atoms with Gasteiger partial charge in [0.1, 0.15) is 5.75 Å². The quantitative estimate of drug-likeness (QED) is 0.288. The fourth-order valence-electron chi connectivity index (χ4n) is 3.96. The fourth-order valence-corrected chi connectivity index (χ4v) is 3.96. The number of hydrogen-bond acceptors (Lipinski definition) is 1. The SMILES string of the molecule is CCCCCc1ccc(-c2ccc3c(OC(F)F)c(CCCCC)ccc3c2)cc1. The number of unbranched alkanes of at least 4 members (excludes halogenated alkanes) is 4. The summed E-state index contributed by atoms with van der Waals surface area (Å²) in [6.45, 7) is 1.53. The maximum atomic E-state index is 13.1. The number of benzene rings is 3. The van der Waals surface area contributed by atoms with Crippen LogP contribution in [0.2, 0.25) is 0 Å². The molecule has 3 aromatic carbocycles. The number of aryl methyl sites for hydroxylation is 2. The smallest absolute Gasteiger partial charge is 0.387 e. The normalized spacial score (nSPS) is 11.4. The zero-order chi connectivity index (χ0) is 21.3. The third kappa shape index (κ3) is 5.81. The highest BCUT2D eigenvalue weighted by Crippen LogP contribution is 2.35. The second kappa shape index (κ2) is 11.1. The molecule has 3 heteroatoms. The molecule has 3 rings (SSSR count). The summed E-state index contributed by atoms with van der Waals surface area (Å²) in [6.07, 6.45) is 8.74. The predicted octanol–water partition coefficient (Wildman–Crippen LogP) is 8.57. The molecule has 30 heavy (non-hydrogen) atoms. The second-order valence-electron chi connectivity index (χ2n) is 7.98. The molecule has 0 spiro atoms. The van der Waals surface area contributed by atoms with Gasteiger partial charge in [-0.25, -0.2) is 0 Å². The van der Waals surface area contributed by atoms with Gasteiger partial charge in [0, 0.05) is 5.39 Å².